The minimum absolute atomic E-state index is 0.0552. The van der Waals surface area contributed by atoms with E-state index in [0.717, 1.165) is 6.42 Å². The number of hydrogen-bond donors (Lipinski definition) is 1. The van der Waals surface area contributed by atoms with E-state index in [1.807, 2.05) is 0 Å². The van der Waals surface area contributed by atoms with Gasteiger partial charge >= 0.3 is 11.9 Å². The van der Waals surface area contributed by atoms with Gasteiger partial charge in [-0.15, -0.1) is 0 Å². The summed E-state index contributed by atoms with van der Waals surface area (Å²) in [6.07, 6.45) is 1.50. The third kappa shape index (κ3) is 1.07. The van der Waals surface area contributed by atoms with E-state index in [1.54, 1.807) is 0 Å². The van der Waals surface area contributed by atoms with E-state index in [4.69, 9.17) is 4.74 Å². The molecule has 3 fully saturated rings. The van der Waals surface area contributed by atoms with Crippen molar-refractivity contribution in [2.45, 2.75) is 29.3 Å². The fraction of sp³-hybridized carbons (Fsp3) is 0.800. The quantitative estimate of drug-likeness (QED) is 0.448. The van der Waals surface area contributed by atoms with E-state index in [-0.39, 0.29) is 24.4 Å². The average Bonchev–Trinajstić information content (AvgIpc) is 2.66. The van der Waals surface area contributed by atoms with Crippen molar-refractivity contribution >= 4 is 34.5 Å². The summed E-state index contributed by atoms with van der Waals surface area (Å²) < 4.78 is 5.60. The molecule has 3 aliphatic rings. The third-order valence-corrected chi connectivity index (χ3v) is 5.93. The van der Waals surface area contributed by atoms with E-state index in [0.29, 0.717) is 16.3 Å². The van der Waals surface area contributed by atoms with E-state index in [2.05, 4.69) is 22.6 Å². The van der Waals surface area contributed by atoms with Gasteiger partial charge in [0.15, 0.2) is 0 Å². The van der Waals surface area contributed by atoms with Crippen molar-refractivity contribution in [3.8, 4) is 0 Å². The third-order valence-electron chi connectivity index (χ3n) is 4.21. The normalized spacial score (nSPS) is 51.7. The first-order chi connectivity index (χ1) is 7.04. The van der Waals surface area contributed by atoms with Gasteiger partial charge in [0.25, 0.3) is 0 Å². The minimum Gasteiger partial charge on any atom is -0.481 e. The van der Waals surface area contributed by atoms with Crippen LogP contribution in [0.15, 0.2) is 0 Å². The minimum atomic E-state index is -0.806. The Hall–Kier alpha value is -0.330. The van der Waals surface area contributed by atoms with Crippen molar-refractivity contribution in [2.75, 3.05) is 0 Å². The second-order valence-corrected chi connectivity index (χ2v) is 6.28. The van der Waals surface area contributed by atoms with Gasteiger partial charge in [-0.2, -0.15) is 0 Å². The predicted molar refractivity (Wildman–Crippen MR) is 58.6 cm³/mol. The lowest BCUT2D eigenvalue weighted by Gasteiger charge is -2.43. The molecule has 4 nitrogen and oxygen atoms in total. The molecule has 0 aromatic carbocycles. The summed E-state index contributed by atoms with van der Waals surface area (Å²) >= 11 is 2.30. The number of carboxylic acid groups (broad SMARTS) is 1. The number of aliphatic carboxylic acids is 1. The lowest BCUT2D eigenvalue weighted by Crippen LogP contribution is -2.53. The predicted octanol–water partition coefficient (Wildman–Crippen LogP) is 1.22. The fourth-order valence-electron chi connectivity index (χ4n) is 3.56. The maximum Gasteiger partial charge on any atom is 0.310 e. The van der Waals surface area contributed by atoms with Crippen LogP contribution in [0.4, 0.5) is 0 Å². The Bertz CT molecular complexity index is 355. The molecular formula is C10H11IO4. The SMILES string of the molecule is O=C1C[C@@]2(C(=O)O)C[C@@H]3C[C@H]2[C@H](O1)[C@@H]3I. The van der Waals surface area contributed by atoms with Crippen molar-refractivity contribution < 1.29 is 19.4 Å². The molecule has 1 aliphatic heterocycles. The number of carboxylic acids is 1. The molecule has 0 unspecified atom stereocenters. The van der Waals surface area contributed by atoms with Gasteiger partial charge in [-0.05, 0) is 18.8 Å². The molecule has 0 radical (unpaired) electrons. The zero-order chi connectivity index (χ0) is 10.8. The Labute approximate surface area is 100 Å². The van der Waals surface area contributed by atoms with E-state index in [9.17, 15) is 14.7 Å². The summed E-state index contributed by atoms with van der Waals surface area (Å²) in [5.74, 6) is -0.662. The number of hydrogen-bond acceptors (Lipinski definition) is 3. The molecule has 5 atom stereocenters. The Morgan fingerprint density at radius 1 is 1.60 bits per heavy atom. The second kappa shape index (κ2) is 2.87. The molecule has 2 aliphatic carbocycles. The summed E-state index contributed by atoms with van der Waals surface area (Å²) in [6, 6.07) is 0. The summed E-state index contributed by atoms with van der Waals surface area (Å²) in [5, 5.41) is 9.33. The van der Waals surface area contributed by atoms with Crippen LogP contribution >= 0.6 is 22.6 Å². The lowest BCUT2D eigenvalue weighted by molar-refractivity contribution is -0.182. The van der Waals surface area contributed by atoms with Gasteiger partial charge in [-0.3, -0.25) is 9.59 Å². The van der Waals surface area contributed by atoms with Gasteiger partial charge in [0, 0.05) is 5.92 Å². The molecule has 2 saturated carbocycles. The zero-order valence-corrected chi connectivity index (χ0v) is 10.1. The van der Waals surface area contributed by atoms with Crippen molar-refractivity contribution in [3.05, 3.63) is 0 Å². The summed E-state index contributed by atoms with van der Waals surface area (Å²) in [5.41, 5.74) is -0.799. The van der Waals surface area contributed by atoms with E-state index >= 15 is 0 Å². The zero-order valence-electron chi connectivity index (χ0n) is 7.98. The summed E-state index contributed by atoms with van der Waals surface area (Å²) in [6.45, 7) is 0. The molecule has 5 heteroatoms. The highest BCUT2D eigenvalue weighted by Gasteiger charge is 2.67. The second-order valence-electron chi connectivity index (χ2n) is 4.84. The molecule has 2 bridgehead atoms. The van der Waals surface area contributed by atoms with E-state index < -0.39 is 11.4 Å². The van der Waals surface area contributed by atoms with Gasteiger partial charge in [0.2, 0.25) is 0 Å². The van der Waals surface area contributed by atoms with Crippen molar-refractivity contribution in [1.29, 1.82) is 0 Å². The van der Waals surface area contributed by atoms with Crippen molar-refractivity contribution in [2.24, 2.45) is 17.3 Å². The molecule has 1 N–H and O–H groups in total. The van der Waals surface area contributed by atoms with Crippen LogP contribution in [0.3, 0.4) is 0 Å². The average molecular weight is 322 g/mol. The number of fused-ring (bicyclic) bond motifs is 1. The molecule has 3 rings (SSSR count). The molecule has 0 aromatic heterocycles. The first-order valence-corrected chi connectivity index (χ1v) is 6.36. The maximum absolute atomic E-state index is 11.4. The Morgan fingerprint density at radius 3 is 2.93 bits per heavy atom. The molecule has 1 saturated heterocycles. The number of alkyl halides is 1. The highest BCUT2D eigenvalue weighted by Crippen LogP contribution is 2.62. The number of esters is 1. The Balaban J connectivity index is 2.04. The van der Waals surface area contributed by atoms with Gasteiger partial charge in [-0.1, -0.05) is 22.6 Å². The molecule has 0 spiro atoms. The highest BCUT2D eigenvalue weighted by atomic mass is 127. The smallest absolute Gasteiger partial charge is 0.310 e. The fourth-order valence-corrected chi connectivity index (χ4v) is 4.75. The standard InChI is InChI=1S/C10H11IO4/c11-7-4-1-5-8(7)15-6(12)3-10(5,2-4)9(13)14/h4-5,7-8H,1-3H2,(H,13,14)/t4-,5-,7+,8-,10-/m0/s1. The van der Waals surface area contributed by atoms with Gasteiger partial charge in [-0.25, -0.2) is 0 Å². The Morgan fingerprint density at radius 2 is 2.33 bits per heavy atom. The van der Waals surface area contributed by atoms with Crippen LogP contribution < -0.4 is 0 Å². The number of halogens is 1. The lowest BCUT2D eigenvalue weighted by atomic mass is 9.68. The first-order valence-electron chi connectivity index (χ1n) is 5.11. The molecule has 0 aromatic rings. The van der Waals surface area contributed by atoms with Crippen LogP contribution in [0.1, 0.15) is 19.3 Å². The number of carbonyl (C=O) groups excluding carboxylic acids is 1. The van der Waals surface area contributed by atoms with Crippen molar-refractivity contribution in [1.82, 2.24) is 0 Å². The van der Waals surface area contributed by atoms with Crippen LogP contribution in [-0.2, 0) is 14.3 Å². The topological polar surface area (TPSA) is 63.6 Å². The number of carbonyl (C=O) groups is 2. The molecular weight excluding hydrogens is 311 g/mol. The number of ether oxygens (including phenoxy) is 1. The van der Waals surface area contributed by atoms with Crippen LogP contribution in [0, 0.1) is 17.3 Å². The summed E-state index contributed by atoms with van der Waals surface area (Å²) in [4.78, 5) is 22.8. The highest BCUT2D eigenvalue weighted by molar-refractivity contribution is 14.1. The molecule has 15 heavy (non-hydrogen) atoms. The van der Waals surface area contributed by atoms with Crippen LogP contribution in [-0.4, -0.2) is 27.1 Å². The first kappa shape index (κ1) is 9.86. The molecule has 0 amide bonds. The van der Waals surface area contributed by atoms with Crippen molar-refractivity contribution in [3.63, 3.8) is 0 Å². The van der Waals surface area contributed by atoms with Gasteiger partial charge < -0.3 is 9.84 Å². The van der Waals surface area contributed by atoms with Crippen LogP contribution in [0.5, 0.6) is 0 Å². The number of rotatable bonds is 1. The largest absolute Gasteiger partial charge is 0.481 e. The Kier molecular flexibility index (Phi) is 1.88. The van der Waals surface area contributed by atoms with Crippen LogP contribution in [0.2, 0.25) is 0 Å². The monoisotopic (exact) mass is 322 g/mol. The molecule has 1 heterocycles. The van der Waals surface area contributed by atoms with Gasteiger partial charge in [0.05, 0.1) is 15.8 Å². The van der Waals surface area contributed by atoms with Crippen LogP contribution in [0.25, 0.3) is 0 Å². The maximum atomic E-state index is 11.4. The van der Waals surface area contributed by atoms with Gasteiger partial charge in [0.1, 0.15) is 6.10 Å². The summed E-state index contributed by atoms with van der Waals surface area (Å²) in [7, 11) is 0. The molecule has 82 valence electrons. The van der Waals surface area contributed by atoms with E-state index in [1.165, 1.54) is 0 Å².